The molecule has 40 heavy (non-hydrogen) atoms. The van der Waals surface area contributed by atoms with Gasteiger partial charge in [0.2, 0.25) is 5.91 Å². The summed E-state index contributed by atoms with van der Waals surface area (Å²) >= 11 is 1.48. The van der Waals surface area contributed by atoms with Crippen LogP contribution < -0.4 is 10.5 Å². The van der Waals surface area contributed by atoms with Gasteiger partial charge in [-0.1, -0.05) is 42.5 Å². The van der Waals surface area contributed by atoms with Gasteiger partial charge in [-0.15, -0.1) is 11.3 Å². The average molecular weight is 547 g/mol. The van der Waals surface area contributed by atoms with Crippen LogP contribution in [0.5, 0.6) is 11.5 Å². The molecule has 196 valence electrons. The summed E-state index contributed by atoms with van der Waals surface area (Å²) in [4.78, 5) is 38.3. The van der Waals surface area contributed by atoms with Crippen molar-refractivity contribution in [3.63, 3.8) is 0 Å². The number of fused-ring (bicyclic) bond motifs is 3. The summed E-state index contributed by atoms with van der Waals surface area (Å²) in [6, 6.07) is 29.6. The summed E-state index contributed by atoms with van der Waals surface area (Å²) in [5.74, 6) is -1.88. The number of aliphatic carboxylic acids is 1. The van der Waals surface area contributed by atoms with E-state index < -0.39 is 17.7 Å². The van der Waals surface area contributed by atoms with E-state index in [0.29, 0.717) is 39.7 Å². The lowest BCUT2D eigenvalue weighted by atomic mass is 9.97. The topological polar surface area (TPSA) is 112 Å². The lowest BCUT2D eigenvalue weighted by Crippen LogP contribution is -2.14. The Kier molecular flexibility index (Phi) is 6.37. The first-order valence-electron chi connectivity index (χ1n) is 12.4. The Hall–Kier alpha value is -5.21. The van der Waals surface area contributed by atoms with Crippen molar-refractivity contribution in [1.82, 2.24) is 4.57 Å². The molecule has 2 aromatic heterocycles. The van der Waals surface area contributed by atoms with E-state index in [1.165, 1.54) is 11.3 Å². The molecule has 0 saturated carbocycles. The van der Waals surface area contributed by atoms with Crippen LogP contribution in [0.4, 0.5) is 0 Å². The van der Waals surface area contributed by atoms with E-state index in [-0.39, 0.29) is 11.1 Å². The second-order valence-electron chi connectivity index (χ2n) is 9.24. The lowest BCUT2D eigenvalue weighted by Gasteiger charge is -2.11. The van der Waals surface area contributed by atoms with E-state index >= 15 is 0 Å². The molecule has 1 amide bonds. The van der Waals surface area contributed by atoms with Crippen molar-refractivity contribution in [2.45, 2.75) is 6.54 Å². The van der Waals surface area contributed by atoms with Crippen LogP contribution in [0.2, 0.25) is 0 Å². The minimum Gasteiger partial charge on any atom is -0.475 e. The molecule has 0 fully saturated rings. The monoisotopic (exact) mass is 546 g/mol. The maximum Gasteiger partial charge on any atom is 0.377 e. The van der Waals surface area contributed by atoms with Crippen LogP contribution in [0, 0.1) is 0 Å². The first-order valence-corrected chi connectivity index (χ1v) is 13.3. The summed E-state index contributed by atoms with van der Waals surface area (Å²) < 4.78 is 7.91. The third kappa shape index (κ3) is 4.50. The molecule has 0 spiro atoms. The van der Waals surface area contributed by atoms with Gasteiger partial charge in [0.1, 0.15) is 11.5 Å². The molecule has 4 aromatic carbocycles. The number of para-hydroxylation sites is 1. The van der Waals surface area contributed by atoms with E-state index in [0.717, 1.165) is 16.2 Å². The fraction of sp³-hybridized carbons (Fsp3) is 0.0312. The third-order valence-electron chi connectivity index (χ3n) is 6.74. The Morgan fingerprint density at radius 2 is 1.50 bits per heavy atom. The molecular formula is C32H22N2O5S. The number of amides is 1. The average Bonchev–Trinajstić information content (AvgIpc) is 3.61. The summed E-state index contributed by atoms with van der Waals surface area (Å²) in [5.41, 5.74) is 8.92. The van der Waals surface area contributed by atoms with Gasteiger partial charge in [-0.3, -0.25) is 9.59 Å². The molecule has 2 heterocycles. The zero-order valence-electron chi connectivity index (χ0n) is 21.0. The van der Waals surface area contributed by atoms with Crippen molar-refractivity contribution in [2.75, 3.05) is 0 Å². The van der Waals surface area contributed by atoms with Crippen molar-refractivity contribution in [3.05, 3.63) is 119 Å². The SMILES string of the molecule is NC(=O)c1cccc2c1c1c(C(=O)C(=O)O)cc(-c3cccs3)cc1n2Cc1ccc(Oc2ccccc2)cc1. The molecule has 0 atom stereocenters. The molecule has 0 aliphatic rings. The number of ketones is 1. The first kappa shape index (κ1) is 25.1. The second kappa shape index (κ2) is 10.2. The van der Waals surface area contributed by atoms with Crippen LogP contribution in [-0.2, 0) is 11.3 Å². The number of hydrogen-bond acceptors (Lipinski definition) is 5. The number of thiophene rings is 1. The van der Waals surface area contributed by atoms with Gasteiger partial charge >= 0.3 is 5.97 Å². The number of nitrogens with zero attached hydrogens (tertiary/aromatic N) is 1. The fourth-order valence-electron chi connectivity index (χ4n) is 4.99. The van der Waals surface area contributed by atoms with Gasteiger partial charge in [0.15, 0.2) is 0 Å². The molecule has 7 nitrogen and oxygen atoms in total. The molecule has 6 rings (SSSR count). The summed E-state index contributed by atoms with van der Waals surface area (Å²) in [7, 11) is 0. The highest BCUT2D eigenvalue weighted by Crippen LogP contribution is 2.39. The van der Waals surface area contributed by atoms with Crippen molar-refractivity contribution >= 4 is 50.8 Å². The van der Waals surface area contributed by atoms with Crippen LogP contribution in [0.15, 0.2) is 102 Å². The van der Waals surface area contributed by atoms with E-state index in [2.05, 4.69) is 0 Å². The highest BCUT2D eigenvalue weighted by Gasteiger charge is 2.26. The molecule has 0 unspecified atom stereocenters. The van der Waals surface area contributed by atoms with E-state index in [9.17, 15) is 19.5 Å². The minimum atomic E-state index is -1.57. The number of benzene rings is 4. The number of aromatic nitrogens is 1. The number of ether oxygens (including phenoxy) is 1. The van der Waals surface area contributed by atoms with Gasteiger partial charge in [0.25, 0.3) is 5.78 Å². The molecule has 6 aromatic rings. The van der Waals surface area contributed by atoms with Crippen molar-refractivity contribution in [1.29, 1.82) is 0 Å². The number of carbonyl (C=O) groups is 3. The van der Waals surface area contributed by atoms with Crippen molar-refractivity contribution < 1.29 is 24.2 Å². The molecule has 8 heteroatoms. The molecule has 3 N–H and O–H groups in total. The number of rotatable bonds is 8. The Morgan fingerprint density at radius 1 is 0.775 bits per heavy atom. The number of carbonyl (C=O) groups excluding carboxylic acids is 2. The zero-order valence-corrected chi connectivity index (χ0v) is 21.9. The molecule has 0 saturated heterocycles. The lowest BCUT2D eigenvalue weighted by molar-refractivity contribution is -0.131. The van der Waals surface area contributed by atoms with Crippen molar-refractivity contribution in [3.8, 4) is 21.9 Å². The smallest absolute Gasteiger partial charge is 0.377 e. The molecule has 0 bridgehead atoms. The number of primary amides is 1. The van der Waals surface area contributed by atoms with Gasteiger partial charge < -0.3 is 20.1 Å². The number of Topliss-reactive ketones (excluding diaryl/α,β-unsaturated/α-hetero) is 1. The van der Waals surface area contributed by atoms with Gasteiger partial charge in [0.05, 0.1) is 11.0 Å². The maximum atomic E-state index is 13.0. The van der Waals surface area contributed by atoms with Crippen LogP contribution in [0.3, 0.4) is 0 Å². The third-order valence-corrected chi connectivity index (χ3v) is 7.66. The van der Waals surface area contributed by atoms with Crippen molar-refractivity contribution in [2.24, 2.45) is 5.73 Å². The molecule has 0 radical (unpaired) electrons. The Bertz CT molecular complexity index is 1910. The fourth-order valence-corrected chi connectivity index (χ4v) is 5.70. The molecular weight excluding hydrogens is 524 g/mol. The largest absolute Gasteiger partial charge is 0.475 e. The van der Waals surface area contributed by atoms with Crippen LogP contribution >= 0.6 is 11.3 Å². The molecule has 0 aliphatic heterocycles. The van der Waals surface area contributed by atoms with Gasteiger partial charge in [0, 0.05) is 33.3 Å². The zero-order chi connectivity index (χ0) is 27.8. The minimum absolute atomic E-state index is 0.0115. The van der Waals surface area contributed by atoms with Gasteiger partial charge in [-0.05, 0) is 71.1 Å². The predicted octanol–water partition coefficient (Wildman–Crippen LogP) is 6.73. The van der Waals surface area contributed by atoms with Crippen LogP contribution in [0.25, 0.3) is 32.2 Å². The number of nitrogens with two attached hydrogens (primary N) is 1. The Balaban J connectivity index is 1.55. The summed E-state index contributed by atoms with van der Waals surface area (Å²) in [6.07, 6.45) is 0. The van der Waals surface area contributed by atoms with E-state index in [1.54, 1.807) is 18.2 Å². The summed E-state index contributed by atoms with van der Waals surface area (Å²) in [6.45, 7) is 0.391. The van der Waals surface area contributed by atoms with E-state index in [1.807, 2.05) is 88.8 Å². The highest BCUT2D eigenvalue weighted by molar-refractivity contribution is 7.13. The highest BCUT2D eigenvalue weighted by atomic mass is 32.1. The number of carboxylic acids is 1. The molecule has 0 aliphatic carbocycles. The van der Waals surface area contributed by atoms with Crippen LogP contribution in [0.1, 0.15) is 26.3 Å². The number of hydrogen-bond donors (Lipinski definition) is 2. The van der Waals surface area contributed by atoms with Gasteiger partial charge in [-0.25, -0.2) is 4.79 Å². The number of carboxylic acid groups (broad SMARTS) is 1. The summed E-state index contributed by atoms with van der Waals surface area (Å²) in [5, 5.41) is 12.4. The Labute approximate surface area is 232 Å². The predicted molar refractivity (Wildman–Crippen MR) is 155 cm³/mol. The standard InChI is InChI=1S/C32H22N2O5S/c33-31(36)23-8-4-9-25-28(23)29-24(30(35)32(37)38)16-20(27-10-5-15-40-27)17-26(29)34(25)18-19-11-13-22(14-12-19)39-21-6-2-1-3-7-21/h1-17H,18H2,(H2,33,36)(H,37,38). The first-order chi connectivity index (χ1) is 19.4. The maximum absolute atomic E-state index is 13.0. The van der Waals surface area contributed by atoms with Crippen LogP contribution in [-0.4, -0.2) is 27.3 Å². The normalized spacial score (nSPS) is 11.1. The van der Waals surface area contributed by atoms with Gasteiger partial charge in [-0.2, -0.15) is 0 Å². The Morgan fingerprint density at radius 3 is 2.17 bits per heavy atom. The quantitative estimate of drug-likeness (QED) is 0.162. The second-order valence-corrected chi connectivity index (χ2v) is 10.2. The van der Waals surface area contributed by atoms with E-state index in [4.69, 9.17) is 10.5 Å².